The van der Waals surface area contributed by atoms with Gasteiger partial charge < -0.3 is 4.74 Å². The summed E-state index contributed by atoms with van der Waals surface area (Å²) in [5, 5.41) is -1.41. The lowest BCUT2D eigenvalue weighted by atomic mass is 9.61. The van der Waals surface area contributed by atoms with Crippen LogP contribution in [-0.2, 0) is 24.5 Å². The van der Waals surface area contributed by atoms with Crippen molar-refractivity contribution in [2.45, 2.75) is 58.3 Å². The maximum absolute atomic E-state index is 14.7. The molecule has 4 unspecified atom stereocenters. The van der Waals surface area contributed by atoms with Gasteiger partial charge in [-0.15, -0.1) is 0 Å². The third-order valence-corrected chi connectivity index (χ3v) is 14.4. The number of fused-ring (bicyclic) bond motifs is 1. The average Bonchev–Trinajstić information content (AvgIpc) is 3.04. The lowest BCUT2D eigenvalue weighted by Gasteiger charge is -2.48. The van der Waals surface area contributed by atoms with Crippen molar-refractivity contribution in [1.29, 1.82) is 0 Å². The van der Waals surface area contributed by atoms with E-state index in [-0.39, 0.29) is 34.8 Å². The Morgan fingerprint density at radius 3 is 2.00 bits per heavy atom. The topological polar surface area (TPSA) is 94.6 Å². The van der Waals surface area contributed by atoms with E-state index in [0.717, 1.165) is 11.1 Å². The molecule has 45 heavy (non-hydrogen) atoms. The van der Waals surface area contributed by atoms with Gasteiger partial charge in [-0.1, -0.05) is 71.8 Å². The summed E-state index contributed by atoms with van der Waals surface area (Å²) in [4.78, 5) is 14.4. The number of benzene rings is 4. The highest BCUT2D eigenvalue weighted by atomic mass is 35.5. The van der Waals surface area contributed by atoms with Crippen LogP contribution in [0.4, 0.5) is 0 Å². The number of hydrogen-bond donors (Lipinski definition) is 0. The number of ketones is 1. The van der Waals surface area contributed by atoms with Gasteiger partial charge in [-0.3, -0.25) is 4.79 Å². The molecule has 9 heteroatoms. The third kappa shape index (κ3) is 5.96. The van der Waals surface area contributed by atoms with Crippen LogP contribution in [0.25, 0.3) is 0 Å². The van der Waals surface area contributed by atoms with Crippen LogP contribution in [-0.4, -0.2) is 40.2 Å². The van der Waals surface area contributed by atoms with Gasteiger partial charge in [0.2, 0.25) is 0 Å². The van der Waals surface area contributed by atoms with Gasteiger partial charge in [-0.2, -0.15) is 0 Å². The molecule has 0 N–H and O–H groups in total. The molecule has 0 amide bonds. The number of sulfone groups is 2. The highest BCUT2D eigenvalue weighted by molar-refractivity contribution is 7.92. The Hall–Kier alpha value is -3.46. The summed E-state index contributed by atoms with van der Waals surface area (Å²) in [5.41, 5.74) is 2.39. The Balaban J connectivity index is 1.51. The number of Topliss-reactive ketones (excluding diaryl/α,β-unsaturated/α-hetero) is 1. The van der Waals surface area contributed by atoms with Crippen LogP contribution in [0.3, 0.4) is 0 Å². The van der Waals surface area contributed by atoms with Crippen LogP contribution in [0.1, 0.15) is 47.8 Å². The average molecular weight is 663 g/mol. The standard InChI is InChI=1S/C36H35ClO6S2/c1-23-11-17-29(18-12-23)45(41,42)36-31(25-7-6-8-26(37)19-25)21-34(38)32-22-35(44(39,40)28-9-4-3-5-10-28)30(20-33(32)36)24-13-15-27(43-2)16-14-24/h3-19,30-33,35-36H,20-22H2,1-2H3/t30?,31?,32-,33+,35?,36?/m1/s1. The van der Waals surface area contributed by atoms with Gasteiger partial charge in [0, 0.05) is 29.2 Å². The Morgan fingerprint density at radius 2 is 1.36 bits per heavy atom. The van der Waals surface area contributed by atoms with Gasteiger partial charge in [0.15, 0.2) is 19.7 Å². The number of methoxy groups -OCH3 is 1. The first-order valence-electron chi connectivity index (χ1n) is 15.0. The van der Waals surface area contributed by atoms with Crippen molar-refractivity contribution in [2.75, 3.05) is 7.11 Å². The number of hydrogen-bond acceptors (Lipinski definition) is 6. The summed E-state index contributed by atoms with van der Waals surface area (Å²) in [6.07, 6.45) is 0.245. The van der Waals surface area contributed by atoms with E-state index in [9.17, 15) is 21.6 Å². The van der Waals surface area contributed by atoms with E-state index < -0.39 is 53.8 Å². The van der Waals surface area contributed by atoms with Gasteiger partial charge in [-0.25, -0.2) is 16.8 Å². The Kier molecular flexibility index (Phi) is 8.67. The van der Waals surface area contributed by atoms with E-state index in [0.29, 0.717) is 16.3 Å². The van der Waals surface area contributed by atoms with Crippen molar-refractivity contribution < 1.29 is 26.4 Å². The zero-order valence-corrected chi connectivity index (χ0v) is 27.4. The van der Waals surface area contributed by atoms with Gasteiger partial charge >= 0.3 is 0 Å². The fourth-order valence-electron chi connectivity index (χ4n) is 7.42. The minimum absolute atomic E-state index is 0.0113. The van der Waals surface area contributed by atoms with Crippen molar-refractivity contribution in [1.82, 2.24) is 0 Å². The summed E-state index contributed by atoms with van der Waals surface area (Å²) in [6, 6.07) is 29.4. The molecule has 4 aromatic rings. The Morgan fingerprint density at radius 1 is 0.689 bits per heavy atom. The zero-order chi connectivity index (χ0) is 31.9. The second kappa shape index (κ2) is 12.4. The SMILES string of the molecule is COc1ccc(C2C[C@@H]3C(S(=O)(=O)c4ccc(C)cc4)C(c4cccc(Cl)c4)CC(=O)[C@@H]3CC2S(=O)(=O)c2ccccc2)cc1. The van der Waals surface area contributed by atoms with Crippen molar-refractivity contribution >= 4 is 37.1 Å². The van der Waals surface area contributed by atoms with Gasteiger partial charge in [0.25, 0.3) is 0 Å². The van der Waals surface area contributed by atoms with Crippen LogP contribution in [0.5, 0.6) is 5.75 Å². The maximum atomic E-state index is 14.7. The molecule has 6 rings (SSSR count). The first kappa shape index (κ1) is 31.5. The molecule has 2 aliphatic carbocycles. The largest absolute Gasteiger partial charge is 0.497 e. The van der Waals surface area contributed by atoms with Crippen LogP contribution in [0.2, 0.25) is 5.02 Å². The highest BCUT2D eigenvalue weighted by Crippen LogP contribution is 2.54. The van der Waals surface area contributed by atoms with Crippen molar-refractivity contribution in [3.63, 3.8) is 0 Å². The van der Waals surface area contributed by atoms with Crippen molar-refractivity contribution in [3.05, 3.63) is 125 Å². The number of halogens is 1. The molecule has 234 valence electrons. The van der Waals surface area contributed by atoms with Crippen LogP contribution < -0.4 is 4.74 Å². The molecule has 4 aromatic carbocycles. The third-order valence-electron chi connectivity index (χ3n) is 9.63. The first-order valence-corrected chi connectivity index (χ1v) is 18.5. The number of aryl methyl sites for hydroxylation is 1. The number of carbonyl (C=O) groups excluding carboxylic acids is 1. The normalized spacial score (nSPS) is 25.4. The van der Waals surface area contributed by atoms with E-state index in [1.54, 1.807) is 92.0 Å². The summed E-state index contributed by atoms with van der Waals surface area (Å²) in [6.45, 7) is 1.90. The summed E-state index contributed by atoms with van der Waals surface area (Å²) in [7, 11) is -6.29. The molecule has 6 nitrogen and oxygen atoms in total. The molecule has 0 radical (unpaired) electrons. The summed E-state index contributed by atoms with van der Waals surface area (Å²) >= 11 is 6.38. The van der Waals surface area contributed by atoms with E-state index in [1.165, 1.54) is 0 Å². The molecule has 2 fully saturated rings. The van der Waals surface area contributed by atoms with Crippen LogP contribution in [0, 0.1) is 18.8 Å². The molecular weight excluding hydrogens is 628 g/mol. The van der Waals surface area contributed by atoms with E-state index >= 15 is 0 Å². The Labute approximate surface area is 270 Å². The minimum Gasteiger partial charge on any atom is -0.497 e. The maximum Gasteiger partial charge on any atom is 0.182 e. The predicted molar refractivity (Wildman–Crippen MR) is 175 cm³/mol. The number of carbonyl (C=O) groups is 1. The quantitative estimate of drug-likeness (QED) is 0.208. The van der Waals surface area contributed by atoms with Gasteiger partial charge in [0.05, 0.1) is 27.4 Å². The molecule has 0 saturated heterocycles. The molecular formula is C36H35ClO6S2. The molecule has 0 bridgehead atoms. The monoisotopic (exact) mass is 662 g/mol. The van der Waals surface area contributed by atoms with Gasteiger partial charge in [-0.05, 0) is 85.3 Å². The highest BCUT2D eigenvalue weighted by Gasteiger charge is 2.56. The smallest absolute Gasteiger partial charge is 0.182 e. The predicted octanol–water partition coefficient (Wildman–Crippen LogP) is 7.21. The van der Waals surface area contributed by atoms with Crippen LogP contribution in [0.15, 0.2) is 113 Å². The van der Waals surface area contributed by atoms with E-state index in [1.807, 2.05) is 25.1 Å². The first-order chi connectivity index (χ1) is 21.5. The second-order valence-corrected chi connectivity index (χ2v) is 16.9. The Bertz CT molecular complexity index is 1910. The fourth-order valence-corrected chi connectivity index (χ4v) is 11.9. The fraction of sp³-hybridized carbons (Fsp3) is 0.306. The van der Waals surface area contributed by atoms with Crippen molar-refractivity contribution in [3.8, 4) is 5.75 Å². The van der Waals surface area contributed by atoms with Gasteiger partial charge in [0.1, 0.15) is 11.5 Å². The molecule has 6 atom stereocenters. The molecule has 0 spiro atoms. The summed E-state index contributed by atoms with van der Waals surface area (Å²) in [5.74, 6) is -2.02. The minimum atomic E-state index is -3.97. The molecule has 0 heterocycles. The molecule has 0 aromatic heterocycles. The lowest BCUT2D eigenvalue weighted by molar-refractivity contribution is -0.128. The van der Waals surface area contributed by atoms with E-state index in [2.05, 4.69) is 0 Å². The summed E-state index contributed by atoms with van der Waals surface area (Å²) < 4.78 is 63.2. The number of ether oxygens (including phenoxy) is 1. The number of rotatable bonds is 7. The zero-order valence-electron chi connectivity index (χ0n) is 25.0. The molecule has 0 aliphatic heterocycles. The van der Waals surface area contributed by atoms with E-state index in [4.69, 9.17) is 16.3 Å². The molecule has 2 saturated carbocycles. The van der Waals surface area contributed by atoms with Crippen LogP contribution >= 0.6 is 11.6 Å². The second-order valence-electron chi connectivity index (χ2n) is 12.2. The molecule has 2 aliphatic rings. The van der Waals surface area contributed by atoms with Crippen molar-refractivity contribution in [2.24, 2.45) is 11.8 Å². The lowest BCUT2D eigenvalue weighted by Crippen LogP contribution is -2.53.